The average molecular weight is 303 g/mol. The van der Waals surface area contributed by atoms with Crippen molar-refractivity contribution in [1.82, 2.24) is 5.32 Å². The Morgan fingerprint density at radius 1 is 1.29 bits per heavy atom. The summed E-state index contributed by atoms with van der Waals surface area (Å²) in [4.78, 5) is -0.295. The van der Waals surface area contributed by atoms with E-state index in [1.54, 1.807) is 18.7 Å². The van der Waals surface area contributed by atoms with Crippen LogP contribution < -0.4 is 5.32 Å². The van der Waals surface area contributed by atoms with E-state index < -0.39 is 6.10 Å². The molecule has 1 aromatic carbocycles. The third-order valence-electron chi connectivity index (χ3n) is 4.03. The Balaban J connectivity index is 2.12. The van der Waals surface area contributed by atoms with E-state index in [1.165, 1.54) is 0 Å². The van der Waals surface area contributed by atoms with Crippen molar-refractivity contribution in [3.05, 3.63) is 47.2 Å². The molecule has 0 aliphatic carbocycles. The molecule has 0 bridgehead atoms. The number of nitrogens with one attached hydrogen (secondary N) is 1. The van der Waals surface area contributed by atoms with Gasteiger partial charge in [-0.05, 0) is 36.1 Å². The summed E-state index contributed by atoms with van der Waals surface area (Å²) in [5.74, 6) is 0.919. The van der Waals surface area contributed by atoms with Crippen LogP contribution >= 0.6 is 11.8 Å². The molecule has 2 N–H and O–H groups in total. The zero-order valence-electron chi connectivity index (χ0n) is 12.8. The molecule has 0 saturated heterocycles. The summed E-state index contributed by atoms with van der Waals surface area (Å²) in [5.41, 5.74) is 1.75. The fourth-order valence-corrected chi connectivity index (χ4v) is 3.76. The maximum absolute atomic E-state index is 9.72. The van der Waals surface area contributed by atoms with Crippen LogP contribution in [0.15, 0.2) is 40.3 Å². The lowest BCUT2D eigenvalue weighted by Gasteiger charge is -2.39. The highest BCUT2D eigenvalue weighted by Crippen LogP contribution is 2.52. The molecule has 2 heterocycles. The van der Waals surface area contributed by atoms with Crippen molar-refractivity contribution >= 4 is 22.7 Å². The first kappa shape index (κ1) is 14.5. The summed E-state index contributed by atoms with van der Waals surface area (Å²) in [6, 6.07) is 7.93. The van der Waals surface area contributed by atoms with E-state index in [2.05, 4.69) is 37.6 Å². The van der Waals surface area contributed by atoms with Crippen LogP contribution in [0.1, 0.15) is 45.1 Å². The van der Waals surface area contributed by atoms with Gasteiger partial charge >= 0.3 is 0 Å². The predicted molar refractivity (Wildman–Crippen MR) is 87.8 cm³/mol. The van der Waals surface area contributed by atoms with Gasteiger partial charge in [0.1, 0.15) is 11.3 Å². The van der Waals surface area contributed by atoms with Gasteiger partial charge in [0.25, 0.3) is 0 Å². The van der Waals surface area contributed by atoms with Crippen molar-refractivity contribution in [2.24, 2.45) is 5.41 Å². The molecule has 0 fully saturated rings. The van der Waals surface area contributed by atoms with E-state index in [4.69, 9.17) is 4.42 Å². The molecule has 3 nitrogen and oxygen atoms in total. The van der Waals surface area contributed by atoms with Gasteiger partial charge in [-0.2, -0.15) is 0 Å². The molecule has 1 aromatic heterocycles. The van der Waals surface area contributed by atoms with E-state index >= 15 is 0 Å². The molecule has 2 unspecified atom stereocenters. The second kappa shape index (κ2) is 4.82. The highest BCUT2D eigenvalue weighted by molar-refractivity contribution is 8.03. The van der Waals surface area contributed by atoms with Gasteiger partial charge in [0, 0.05) is 17.0 Å². The standard InChI is InChI=1S/C17H21NO2S/c1-11(19)12-5-6-14-13(9-12)10-15(20-14)17(16(2,3)4)18-7-8-21-17/h5-11,18-19H,1-4H3. The SMILES string of the molecule is CC(O)c1ccc2oc(C3(C(C)(C)C)NC=CS3)cc2c1. The highest BCUT2D eigenvalue weighted by Gasteiger charge is 2.47. The molecule has 112 valence electrons. The molecule has 4 heteroatoms. The average Bonchev–Trinajstić information content (AvgIpc) is 3.04. The van der Waals surface area contributed by atoms with Gasteiger partial charge in [-0.15, -0.1) is 0 Å². The summed E-state index contributed by atoms with van der Waals surface area (Å²) >= 11 is 1.74. The van der Waals surface area contributed by atoms with Gasteiger partial charge in [-0.3, -0.25) is 0 Å². The van der Waals surface area contributed by atoms with Crippen molar-refractivity contribution in [3.8, 4) is 0 Å². The molecule has 1 aliphatic heterocycles. The maximum atomic E-state index is 9.72. The number of rotatable bonds is 2. The van der Waals surface area contributed by atoms with Gasteiger partial charge in [-0.1, -0.05) is 38.6 Å². The van der Waals surface area contributed by atoms with E-state index in [0.717, 1.165) is 22.3 Å². The number of thioether (sulfide) groups is 1. The molecule has 2 atom stereocenters. The summed E-state index contributed by atoms with van der Waals surface area (Å²) in [6.07, 6.45) is 1.51. The maximum Gasteiger partial charge on any atom is 0.151 e. The number of furan rings is 1. The molecule has 1 aliphatic rings. The van der Waals surface area contributed by atoms with Gasteiger partial charge < -0.3 is 14.8 Å². The lowest BCUT2D eigenvalue weighted by atomic mass is 9.84. The van der Waals surface area contributed by atoms with Crippen molar-refractivity contribution in [1.29, 1.82) is 0 Å². The molecule has 0 radical (unpaired) electrons. The first-order chi connectivity index (χ1) is 9.83. The first-order valence-corrected chi connectivity index (χ1v) is 8.04. The van der Waals surface area contributed by atoms with Crippen LogP contribution in [-0.4, -0.2) is 5.11 Å². The Bertz CT molecular complexity index is 686. The number of aliphatic hydroxyl groups is 1. The minimum atomic E-state index is -0.468. The molecule has 0 saturated carbocycles. The van der Waals surface area contributed by atoms with Crippen LogP contribution in [0.4, 0.5) is 0 Å². The lowest BCUT2D eigenvalue weighted by Crippen LogP contribution is -2.44. The van der Waals surface area contributed by atoms with Gasteiger partial charge in [0.15, 0.2) is 4.87 Å². The third kappa shape index (κ3) is 2.27. The fourth-order valence-electron chi connectivity index (χ4n) is 2.71. The van der Waals surface area contributed by atoms with Crippen molar-refractivity contribution < 1.29 is 9.52 Å². The zero-order valence-corrected chi connectivity index (χ0v) is 13.6. The Kier molecular flexibility index (Phi) is 3.34. The topological polar surface area (TPSA) is 45.4 Å². The van der Waals surface area contributed by atoms with Crippen molar-refractivity contribution in [2.45, 2.75) is 38.7 Å². The van der Waals surface area contributed by atoms with E-state index in [1.807, 2.05) is 24.4 Å². The Hall–Kier alpha value is -1.39. The van der Waals surface area contributed by atoms with Gasteiger partial charge in [-0.25, -0.2) is 0 Å². The lowest BCUT2D eigenvalue weighted by molar-refractivity contribution is 0.199. The minimum Gasteiger partial charge on any atom is -0.458 e. The highest BCUT2D eigenvalue weighted by atomic mass is 32.2. The Morgan fingerprint density at radius 3 is 2.62 bits per heavy atom. The molecule has 3 rings (SSSR count). The first-order valence-electron chi connectivity index (χ1n) is 7.16. The second-order valence-electron chi connectivity index (χ2n) is 6.58. The Labute approximate surface area is 129 Å². The number of aliphatic hydroxyl groups excluding tert-OH is 1. The molecule has 0 spiro atoms. The smallest absolute Gasteiger partial charge is 0.151 e. The number of fused-ring (bicyclic) bond motifs is 1. The molecule has 0 amide bonds. The predicted octanol–water partition coefficient (Wildman–Crippen LogP) is 4.49. The van der Waals surface area contributed by atoms with Gasteiger partial charge in [0.05, 0.1) is 6.10 Å². The van der Waals surface area contributed by atoms with Crippen LogP contribution in [0.5, 0.6) is 0 Å². The summed E-state index contributed by atoms with van der Waals surface area (Å²) < 4.78 is 6.11. The van der Waals surface area contributed by atoms with Crippen LogP contribution in [-0.2, 0) is 4.87 Å². The largest absolute Gasteiger partial charge is 0.458 e. The van der Waals surface area contributed by atoms with Crippen molar-refractivity contribution in [3.63, 3.8) is 0 Å². The van der Waals surface area contributed by atoms with E-state index in [0.29, 0.717) is 0 Å². The van der Waals surface area contributed by atoms with Crippen molar-refractivity contribution in [2.75, 3.05) is 0 Å². The van der Waals surface area contributed by atoms with Crippen LogP contribution in [0.2, 0.25) is 0 Å². The normalized spacial score (nSPS) is 23.5. The van der Waals surface area contributed by atoms with Gasteiger partial charge in [0.2, 0.25) is 0 Å². The van der Waals surface area contributed by atoms with Crippen LogP contribution in [0.25, 0.3) is 11.0 Å². The zero-order chi connectivity index (χ0) is 15.3. The number of hydrogen-bond acceptors (Lipinski definition) is 4. The monoisotopic (exact) mass is 303 g/mol. The van der Waals surface area contributed by atoms with Crippen LogP contribution in [0, 0.1) is 5.41 Å². The fraction of sp³-hybridized carbons (Fsp3) is 0.412. The Morgan fingerprint density at radius 2 is 2.05 bits per heavy atom. The van der Waals surface area contributed by atoms with Crippen LogP contribution in [0.3, 0.4) is 0 Å². The summed E-state index contributed by atoms with van der Waals surface area (Å²) in [5, 5.41) is 16.3. The molecular formula is C17H21NO2S. The second-order valence-corrected chi connectivity index (χ2v) is 7.70. The minimum absolute atomic E-state index is 0.0118. The van der Waals surface area contributed by atoms with E-state index in [-0.39, 0.29) is 10.3 Å². The summed E-state index contributed by atoms with van der Waals surface area (Å²) in [7, 11) is 0. The molecule has 21 heavy (non-hydrogen) atoms. The number of benzene rings is 1. The summed E-state index contributed by atoms with van der Waals surface area (Å²) in [6.45, 7) is 8.38. The molecule has 2 aromatic rings. The number of hydrogen-bond donors (Lipinski definition) is 2. The van der Waals surface area contributed by atoms with E-state index in [9.17, 15) is 5.11 Å². The molecular weight excluding hydrogens is 282 g/mol. The third-order valence-corrected chi connectivity index (χ3v) is 5.58. The quantitative estimate of drug-likeness (QED) is 0.858.